The van der Waals surface area contributed by atoms with Crippen LogP contribution in [0.1, 0.15) is 0 Å². The van der Waals surface area contributed by atoms with Gasteiger partial charge in [-0.3, -0.25) is 4.79 Å². The summed E-state index contributed by atoms with van der Waals surface area (Å²) < 4.78 is 12.6. The lowest BCUT2D eigenvalue weighted by Crippen LogP contribution is -2.37. The normalized spacial score (nSPS) is 11.3. The van der Waals surface area contributed by atoms with Gasteiger partial charge in [-0.15, -0.1) is 0 Å². The molecule has 1 amide bonds. The highest BCUT2D eigenvalue weighted by Crippen LogP contribution is 2.09. The first kappa shape index (κ1) is 11.8. The Morgan fingerprint density at radius 3 is 2.69 bits per heavy atom. The molecule has 1 aromatic carbocycles. The topological polar surface area (TPSA) is 104 Å². The molecule has 0 saturated carbocycles. The summed E-state index contributed by atoms with van der Waals surface area (Å²) in [5, 5.41) is 5.98. The Bertz CT molecular complexity index is 412. The van der Waals surface area contributed by atoms with Gasteiger partial charge in [-0.25, -0.2) is 4.39 Å². The molecule has 0 aliphatic heterocycles. The van der Waals surface area contributed by atoms with Crippen molar-refractivity contribution in [1.29, 1.82) is 0 Å². The Balaban J connectivity index is 2.71. The van der Waals surface area contributed by atoms with Crippen molar-refractivity contribution in [2.24, 2.45) is 10.8 Å². The van der Waals surface area contributed by atoms with Gasteiger partial charge in [-0.1, -0.05) is 5.11 Å². The first-order valence-corrected chi connectivity index (χ1v) is 4.45. The maximum Gasteiger partial charge on any atom is 0.240 e. The lowest BCUT2D eigenvalue weighted by Gasteiger charge is -2.13. The molecule has 1 aromatic rings. The maximum atomic E-state index is 12.6. The van der Waals surface area contributed by atoms with Gasteiger partial charge in [0.15, 0.2) is 0 Å². The summed E-state index contributed by atoms with van der Waals surface area (Å²) in [7, 11) is 0. The number of benzene rings is 1. The van der Waals surface area contributed by atoms with Crippen LogP contribution in [0.3, 0.4) is 0 Å². The van der Waals surface area contributed by atoms with Crippen molar-refractivity contribution >= 4 is 11.6 Å². The highest BCUT2D eigenvalue weighted by Gasteiger charge is 2.13. The Morgan fingerprint density at radius 2 is 2.19 bits per heavy atom. The first-order chi connectivity index (χ1) is 7.63. The van der Waals surface area contributed by atoms with E-state index in [1.165, 1.54) is 24.3 Å². The van der Waals surface area contributed by atoms with Crippen LogP contribution in [0.15, 0.2) is 29.4 Å². The molecule has 1 rings (SSSR count). The number of carbonyl (C=O) groups excluding carboxylic acids is 1. The van der Waals surface area contributed by atoms with Crippen molar-refractivity contribution in [1.82, 2.24) is 0 Å². The third kappa shape index (κ3) is 3.47. The van der Waals surface area contributed by atoms with E-state index >= 15 is 0 Å². The summed E-state index contributed by atoms with van der Waals surface area (Å²) in [6.45, 7) is -0.0940. The predicted octanol–water partition coefficient (Wildman–Crippen LogP) is 1.40. The smallest absolute Gasteiger partial charge is 0.240 e. The minimum Gasteiger partial charge on any atom is -0.374 e. The van der Waals surface area contributed by atoms with E-state index in [-0.39, 0.29) is 12.4 Å². The Labute approximate surface area is 90.9 Å². The zero-order valence-corrected chi connectivity index (χ0v) is 8.30. The van der Waals surface area contributed by atoms with Crippen LogP contribution in [0, 0.1) is 5.82 Å². The number of nitrogens with zero attached hydrogens (tertiary/aromatic N) is 3. The lowest BCUT2D eigenvalue weighted by molar-refractivity contribution is -0.118. The largest absolute Gasteiger partial charge is 0.374 e. The van der Waals surface area contributed by atoms with Crippen molar-refractivity contribution in [2.45, 2.75) is 6.04 Å². The highest BCUT2D eigenvalue weighted by molar-refractivity contribution is 5.83. The van der Waals surface area contributed by atoms with E-state index in [0.717, 1.165) is 0 Å². The summed E-state index contributed by atoms with van der Waals surface area (Å²) in [6, 6.07) is 4.60. The fraction of sp³-hybridized carbons (Fsp3) is 0.222. The number of anilines is 1. The molecule has 0 aliphatic rings. The molecular weight excluding hydrogens is 213 g/mol. The van der Waals surface area contributed by atoms with Crippen molar-refractivity contribution < 1.29 is 9.18 Å². The van der Waals surface area contributed by atoms with E-state index in [1.54, 1.807) is 0 Å². The molecule has 6 nitrogen and oxygen atoms in total. The average Bonchev–Trinajstić information content (AvgIpc) is 2.26. The van der Waals surface area contributed by atoms with Crippen LogP contribution in [0.2, 0.25) is 0 Å². The second-order valence-corrected chi connectivity index (χ2v) is 3.02. The molecule has 3 N–H and O–H groups in total. The number of hydrogen-bond acceptors (Lipinski definition) is 3. The van der Waals surface area contributed by atoms with E-state index in [9.17, 15) is 9.18 Å². The third-order valence-electron chi connectivity index (χ3n) is 1.86. The van der Waals surface area contributed by atoms with Gasteiger partial charge < -0.3 is 11.1 Å². The zero-order valence-electron chi connectivity index (χ0n) is 8.30. The SMILES string of the molecule is [N-]=[N+]=NCC(Nc1ccc(F)cc1)C(N)=O. The number of hydrogen-bond donors (Lipinski definition) is 2. The number of carbonyl (C=O) groups is 1. The molecule has 0 bridgehead atoms. The molecule has 16 heavy (non-hydrogen) atoms. The van der Waals surface area contributed by atoms with Gasteiger partial charge in [0.25, 0.3) is 0 Å². The Morgan fingerprint density at radius 1 is 1.56 bits per heavy atom. The van der Waals surface area contributed by atoms with E-state index in [0.29, 0.717) is 5.69 Å². The second kappa shape index (κ2) is 5.57. The standard InChI is InChI=1S/C9H10FN5O/c10-6-1-3-7(4-2-6)14-8(9(11)16)5-13-15-12/h1-4,8,14H,5H2,(H2,11,16). The number of rotatable bonds is 5. The van der Waals surface area contributed by atoms with Gasteiger partial charge in [0.2, 0.25) is 5.91 Å². The number of halogens is 1. The lowest BCUT2D eigenvalue weighted by atomic mass is 10.2. The van der Waals surface area contributed by atoms with E-state index < -0.39 is 11.9 Å². The van der Waals surface area contributed by atoms with Gasteiger partial charge in [0, 0.05) is 10.6 Å². The zero-order chi connectivity index (χ0) is 12.0. The predicted molar refractivity (Wildman–Crippen MR) is 57.0 cm³/mol. The van der Waals surface area contributed by atoms with Crippen molar-refractivity contribution in [3.8, 4) is 0 Å². The molecule has 1 atom stereocenters. The summed E-state index contributed by atoms with van der Waals surface area (Å²) in [5.41, 5.74) is 13.8. The van der Waals surface area contributed by atoms with Gasteiger partial charge in [0.05, 0.1) is 6.54 Å². The van der Waals surface area contributed by atoms with Gasteiger partial charge >= 0.3 is 0 Å². The van der Waals surface area contributed by atoms with Crippen LogP contribution >= 0.6 is 0 Å². The van der Waals surface area contributed by atoms with E-state index in [4.69, 9.17) is 11.3 Å². The van der Waals surface area contributed by atoms with Crippen LogP contribution in [-0.4, -0.2) is 18.5 Å². The maximum absolute atomic E-state index is 12.6. The Hall–Kier alpha value is -2.27. The molecule has 0 aromatic heterocycles. The van der Waals surface area contributed by atoms with Crippen molar-refractivity contribution in [3.63, 3.8) is 0 Å². The number of azide groups is 1. The minimum atomic E-state index is -0.804. The molecular formula is C9H10FN5O. The van der Waals surface area contributed by atoms with Gasteiger partial charge in [-0.2, -0.15) is 0 Å². The molecule has 1 unspecified atom stereocenters. The van der Waals surface area contributed by atoms with Crippen LogP contribution in [-0.2, 0) is 4.79 Å². The number of nitrogens with one attached hydrogen (secondary N) is 1. The van der Waals surface area contributed by atoms with E-state index in [2.05, 4.69) is 15.3 Å². The monoisotopic (exact) mass is 223 g/mol. The van der Waals surface area contributed by atoms with Crippen LogP contribution < -0.4 is 11.1 Å². The molecule has 0 spiro atoms. The third-order valence-corrected chi connectivity index (χ3v) is 1.86. The summed E-state index contributed by atoms with van der Waals surface area (Å²) in [6.07, 6.45) is 0. The Kier molecular flexibility index (Phi) is 4.11. The second-order valence-electron chi connectivity index (χ2n) is 3.02. The van der Waals surface area contributed by atoms with Gasteiger partial charge in [-0.05, 0) is 29.8 Å². The highest BCUT2D eigenvalue weighted by atomic mass is 19.1. The van der Waals surface area contributed by atoms with Crippen LogP contribution in [0.5, 0.6) is 0 Å². The molecule has 7 heteroatoms. The fourth-order valence-electron chi connectivity index (χ4n) is 1.07. The fourth-order valence-corrected chi connectivity index (χ4v) is 1.07. The number of nitrogens with two attached hydrogens (primary N) is 1. The van der Waals surface area contributed by atoms with Crippen LogP contribution in [0.4, 0.5) is 10.1 Å². The average molecular weight is 223 g/mol. The molecule has 0 radical (unpaired) electrons. The molecule has 84 valence electrons. The van der Waals surface area contributed by atoms with E-state index in [1.807, 2.05) is 0 Å². The summed E-state index contributed by atoms with van der Waals surface area (Å²) in [5.74, 6) is -1.02. The van der Waals surface area contributed by atoms with Gasteiger partial charge in [0.1, 0.15) is 11.9 Å². The van der Waals surface area contributed by atoms with Crippen LogP contribution in [0.25, 0.3) is 10.4 Å². The summed E-state index contributed by atoms with van der Waals surface area (Å²) in [4.78, 5) is 13.5. The molecule has 0 fully saturated rings. The summed E-state index contributed by atoms with van der Waals surface area (Å²) >= 11 is 0. The molecule has 0 saturated heterocycles. The van der Waals surface area contributed by atoms with Crippen molar-refractivity contribution in [3.05, 3.63) is 40.5 Å². The molecule has 0 aliphatic carbocycles. The molecule has 0 heterocycles. The minimum absolute atomic E-state index is 0.0940. The first-order valence-electron chi connectivity index (χ1n) is 4.45. The quantitative estimate of drug-likeness (QED) is 0.447. The van der Waals surface area contributed by atoms with Crippen molar-refractivity contribution in [2.75, 3.05) is 11.9 Å². The number of amides is 1. The number of primary amides is 1.